The van der Waals surface area contributed by atoms with Crippen LogP contribution >= 0.6 is 35.4 Å². The summed E-state index contributed by atoms with van der Waals surface area (Å²) in [5, 5.41) is 13.5. The van der Waals surface area contributed by atoms with Crippen molar-refractivity contribution < 1.29 is 9.90 Å². The zero-order valence-corrected chi connectivity index (χ0v) is 14.3. The van der Waals surface area contributed by atoms with Gasteiger partial charge in [-0.2, -0.15) is 5.10 Å². The summed E-state index contributed by atoms with van der Waals surface area (Å²) in [5.41, 5.74) is 4.91. The number of rotatable bonds is 3. The molecule has 0 atom stereocenters. The van der Waals surface area contributed by atoms with Crippen molar-refractivity contribution in [1.29, 1.82) is 0 Å². The lowest BCUT2D eigenvalue weighted by Crippen LogP contribution is -2.17. The van der Waals surface area contributed by atoms with E-state index in [0.29, 0.717) is 15.9 Å². The number of phenolic OH excluding ortho intramolecular Hbond substituents is 1. The number of hydrazone groups is 1. The van der Waals surface area contributed by atoms with Gasteiger partial charge in [-0.1, -0.05) is 23.2 Å². The van der Waals surface area contributed by atoms with Crippen LogP contribution in [-0.2, 0) is 0 Å². The summed E-state index contributed by atoms with van der Waals surface area (Å²) in [7, 11) is 0. The van der Waals surface area contributed by atoms with Crippen LogP contribution in [-0.4, -0.2) is 27.2 Å². The number of aromatic nitrogens is 2. The Labute approximate surface area is 151 Å². The summed E-state index contributed by atoms with van der Waals surface area (Å²) >= 11 is 16.6. The summed E-state index contributed by atoms with van der Waals surface area (Å²) in [6.07, 6.45) is 1.37. The van der Waals surface area contributed by atoms with Gasteiger partial charge in [0, 0.05) is 5.56 Å². The van der Waals surface area contributed by atoms with Crippen LogP contribution in [0.2, 0.25) is 10.0 Å². The molecule has 0 aliphatic carbocycles. The van der Waals surface area contributed by atoms with Crippen molar-refractivity contribution in [3.63, 3.8) is 0 Å². The van der Waals surface area contributed by atoms with Gasteiger partial charge in [-0.25, -0.2) is 5.43 Å². The van der Waals surface area contributed by atoms with Crippen LogP contribution in [0.4, 0.5) is 0 Å². The highest BCUT2D eigenvalue weighted by atomic mass is 35.5. The van der Waals surface area contributed by atoms with E-state index < -0.39 is 0 Å². The number of H-pyrrole nitrogens is 2. The predicted octanol–water partition coefficient (Wildman–Crippen LogP) is 4.00. The molecule has 122 valence electrons. The number of carbonyl (C=O) groups is 1. The fourth-order valence-corrected chi connectivity index (χ4v) is 2.79. The number of benzene rings is 2. The number of nitrogens with zero attached hydrogens (tertiary/aromatic N) is 1. The first-order chi connectivity index (χ1) is 11.4. The van der Waals surface area contributed by atoms with E-state index in [0.717, 1.165) is 11.0 Å². The lowest BCUT2D eigenvalue weighted by molar-refractivity contribution is 0.0955. The molecule has 3 rings (SSSR count). The van der Waals surface area contributed by atoms with Crippen LogP contribution in [0.1, 0.15) is 15.9 Å². The predicted molar refractivity (Wildman–Crippen MR) is 96.7 cm³/mol. The molecule has 1 heterocycles. The highest BCUT2D eigenvalue weighted by molar-refractivity contribution is 7.71. The number of aromatic amines is 2. The summed E-state index contributed by atoms with van der Waals surface area (Å²) < 4.78 is 0.488. The maximum Gasteiger partial charge on any atom is 0.271 e. The quantitative estimate of drug-likeness (QED) is 0.314. The molecule has 6 nitrogen and oxygen atoms in total. The van der Waals surface area contributed by atoms with Crippen LogP contribution in [0.15, 0.2) is 35.4 Å². The van der Waals surface area contributed by atoms with E-state index >= 15 is 0 Å². The standard InChI is InChI=1S/C15H10Cl2N4O2S/c16-9-3-7(4-10(17)13(9)22)6-18-21-14(23)8-1-2-11-12(5-8)20-15(24)19-11/h1-6,22H,(H,21,23)(H2,19,20,24)/b18-6-. The van der Waals surface area contributed by atoms with Crippen LogP contribution in [0.5, 0.6) is 5.75 Å². The van der Waals surface area contributed by atoms with Gasteiger partial charge < -0.3 is 15.1 Å². The number of aromatic hydroxyl groups is 1. The third-order valence-corrected chi connectivity index (χ3v) is 3.98. The van der Waals surface area contributed by atoms with Crippen molar-refractivity contribution in [3.05, 3.63) is 56.3 Å². The van der Waals surface area contributed by atoms with E-state index in [1.54, 1.807) is 18.2 Å². The Morgan fingerprint density at radius 3 is 2.54 bits per heavy atom. The van der Waals surface area contributed by atoms with Crippen LogP contribution in [0.25, 0.3) is 11.0 Å². The maximum absolute atomic E-state index is 12.1. The highest BCUT2D eigenvalue weighted by Gasteiger charge is 2.07. The van der Waals surface area contributed by atoms with Crippen molar-refractivity contribution in [3.8, 4) is 5.75 Å². The van der Waals surface area contributed by atoms with Crippen molar-refractivity contribution in [1.82, 2.24) is 15.4 Å². The average Bonchev–Trinajstić information content (AvgIpc) is 2.91. The van der Waals surface area contributed by atoms with Gasteiger partial charge >= 0.3 is 0 Å². The molecule has 2 aromatic carbocycles. The SMILES string of the molecule is O=C(N/N=C\c1cc(Cl)c(O)c(Cl)c1)c1ccc2[nH]c(=S)[nH]c2c1. The normalized spacial score (nSPS) is 11.2. The topological polar surface area (TPSA) is 93.3 Å². The molecule has 1 aromatic heterocycles. The highest BCUT2D eigenvalue weighted by Crippen LogP contribution is 2.32. The Morgan fingerprint density at radius 1 is 1.17 bits per heavy atom. The summed E-state index contributed by atoms with van der Waals surface area (Å²) in [5.74, 6) is -0.582. The first kappa shape index (κ1) is 16.5. The molecule has 0 saturated carbocycles. The number of fused-ring (bicyclic) bond motifs is 1. The number of imidazole rings is 1. The molecule has 0 aliphatic rings. The van der Waals surface area contributed by atoms with Crippen LogP contribution in [0.3, 0.4) is 0 Å². The van der Waals surface area contributed by atoms with E-state index in [-0.39, 0.29) is 21.7 Å². The Balaban J connectivity index is 1.75. The fourth-order valence-electron chi connectivity index (χ4n) is 2.06. The molecule has 0 saturated heterocycles. The molecular formula is C15H10Cl2N4O2S. The lowest BCUT2D eigenvalue weighted by Gasteiger charge is -2.02. The summed E-state index contributed by atoms with van der Waals surface area (Å²) in [6.45, 7) is 0. The molecule has 24 heavy (non-hydrogen) atoms. The number of nitrogens with one attached hydrogen (secondary N) is 3. The third kappa shape index (κ3) is 3.43. The van der Waals surface area contributed by atoms with Gasteiger partial charge in [0.15, 0.2) is 10.5 Å². The number of phenols is 1. The zero-order chi connectivity index (χ0) is 17.3. The minimum Gasteiger partial charge on any atom is -0.505 e. The number of halogens is 2. The Bertz CT molecular complexity index is 1000. The lowest BCUT2D eigenvalue weighted by atomic mass is 10.2. The fraction of sp³-hybridized carbons (Fsp3) is 0. The number of hydrogen-bond donors (Lipinski definition) is 4. The van der Waals surface area contributed by atoms with E-state index in [4.69, 9.17) is 35.4 Å². The second-order valence-electron chi connectivity index (χ2n) is 4.87. The Kier molecular flexibility index (Phi) is 4.57. The van der Waals surface area contributed by atoms with Gasteiger partial charge in [-0.3, -0.25) is 4.79 Å². The van der Waals surface area contributed by atoms with E-state index in [1.165, 1.54) is 18.3 Å². The molecule has 0 radical (unpaired) electrons. The molecular weight excluding hydrogens is 371 g/mol. The van der Waals surface area contributed by atoms with Gasteiger partial charge in [-0.15, -0.1) is 0 Å². The second kappa shape index (κ2) is 6.64. The Hall–Kier alpha value is -2.35. The third-order valence-electron chi connectivity index (χ3n) is 3.20. The van der Waals surface area contributed by atoms with Crippen molar-refractivity contribution in [2.45, 2.75) is 0 Å². The van der Waals surface area contributed by atoms with Gasteiger partial charge in [0.2, 0.25) is 0 Å². The number of hydrogen-bond acceptors (Lipinski definition) is 4. The molecule has 0 spiro atoms. The molecule has 0 fully saturated rings. The molecule has 0 aliphatic heterocycles. The summed E-state index contributed by atoms with van der Waals surface area (Å²) in [4.78, 5) is 18.0. The monoisotopic (exact) mass is 380 g/mol. The van der Waals surface area contributed by atoms with Crippen molar-refractivity contribution in [2.24, 2.45) is 5.10 Å². The van der Waals surface area contributed by atoms with Crippen molar-refractivity contribution in [2.75, 3.05) is 0 Å². The first-order valence-electron chi connectivity index (χ1n) is 6.67. The van der Waals surface area contributed by atoms with E-state index in [9.17, 15) is 9.90 Å². The smallest absolute Gasteiger partial charge is 0.271 e. The molecule has 4 N–H and O–H groups in total. The Morgan fingerprint density at radius 2 is 1.83 bits per heavy atom. The molecule has 0 unspecified atom stereocenters. The molecule has 1 amide bonds. The van der Waals surface area contributed by atoms with Crippen LogP contribution in [0, 0.1) is 4.77 Å². The second-order valence-corrected chi connectivity index (χ2v) is 6.09. The van der Waals surface area contributed by atoms with Gasteiger partial charge in [0.25, 0.3) is 5.91 Å². The first-order valence-corrected chi connectivity index (χ1v) is 7.84. The van der Waals surface area contributed by atoms with E-state index in [1.807, 2.05) is 0 Å². The van der Waals surface area contributed by atoms with Gasteiger partial charge in [-0.05, 0) is 48.1 Å². The number of carbonyl (C=O) groups excluding carboxylic acids is 1. The molecule has 3 aromatic rings. The molecule has 0 bridgehead atoms. The van der Waals surface area contributed by atoms with Gasteiger partial charge in [0.1, 0.15) is 0 Å². The van der Waals surface area contributed by atoms with E-state index in [2.05, 4.69) is 20.5 Å². The minimum absolute atomic E-state index is 0.100. The van der Waals surface area contributed by atoms with Crippen LogP contribution < -0.4 is 5.43 Å². The zero-order valence-electron chi connectivity index (χ0n) is 11.9. The maximum atomic E-state index is 12.1. The minimum atomic E-state index is -0.385. The number of amides is 1. The van der Waals surface area contributed by atoms with Crippen molar-refractivity contribution >= 4 is 58.6 Å². The molecule has 9 heteroatoms. The average molecular weight is 381 g/mol. The largest absolute Gasteiger partial charge is 0.505 e. The van der Waals surface area contributed by atoms with Gasteiger partial charge in [0.05, 0.1) is 27.3 Å². The summed E-state index contributed by atoms with van der Waals surface area (Å²) in [6, 6.07) is 8.02.